The molecule has 8 heteroatoms. The molecule has 0 aliphatic carbocycles. The van der Waals surface area contributed by atoms with E-state index < -0.39 is 0 Å². The van der Waals surface area contributed by atoms with Crippen molar-refractivity contribution in [3.63, 3.8) is 0 Å². The van der Waals surface area contributed by atoms with E-state index in [1.807, 2.05) is 67.1 Å². The van der Waals surface area contributed by atoms with E-state index in [4.69, 9.17) is 11.6 Å². The lowest BCUT2D eigenvalue weighted by molar-refractivity contribution is -0.127. The van der Waals surface area contributed by atoms with Crippen LogP contribution in [0.25, 0.3) is 28.0 Å². The van der Waals surface area contributed by atoms with E-state index in [-0.39, 0.29) is 11.7 Å². The molecule has 4 rings (SSSR count). The number of aromatic amines is 1. The van der Waals surface area contributed by atoms with Crippen LogP contribution in [0.4, 0.5) is 0 Å². The lowest BCUT2D eigenvalue weighted by Crippen LogP contribution is -2.33. The van der Waals surface area contributed by atoms with Gasteiger partial charge in [-0.1, -0.05) is 53.7 Å². The summed E-state index contributed by atoms with van der Waals surface area (Å²) in [7, 11) is 0. The van der Waals surface area contributed by atoms with Crippen molar-refractivity contribution in [2.75, 3.05) is 18.8 Å². The van der Waals surface area contributed by atoms with Gasteiger partial charge < -0.3 is 9.88 Å². The Morgan fingerprint density at radius 3 is 2.66 bits per heavy atom. The van der Waals surface area contributed by atoms with E-state index in [1.165, 1.54) is 11.8 Å². The highest BCUT2D eigenvalue weighted by molar-refractivity contribution is 7.99. The molecule has 0 atom stereocenters. The quantitative estimate of drug-likeness (QED) is 0.272. The predicted molar refractivity (Wildman–Crippen MR) is 131 cm³/mol. The third-order valence-electron chi connectivity index (χ3n) is 5.07. The molecule has 4 aromatic rings. The van der Waals surface area contributed by atoms with Crippen LogP contribution in [-0.2, 0) is 4.79 Å². The first kappa shape index (κ1) is 22.2. The molecule has 1 N–H and O–H groups in total. The molecule has 0 spiro atoms. The normalized spacial score (nSPS) is 11.1. The monoisotopic (exact) mass is 465 g/mol. The summed E-state index contributed by atoms with van der Waals surface area (Å²) in [5.74, 6) is 1.01. The first-order valence-corrected chi connectivity index (χ1v) is 11.7. The maximum Gasteiger partial charge on any atom is 0.233 e. The van der Waals surface area contributed by atoms with Gasteiger partial charge in [0.1, 0.15) is 0 Å². The highest BCUT2D eigenvalue weighted by Gasteiger charge is 2.21. The van der Waals surface area contributed by atoms with Crippen molar-refractivity contribution in [1.29, 1.82) is 0 Å². The molecule has 0 unspecified atom stereocenters. The van der Waals surface area contributed by atoms with Gasteiger partial charge in [-0.2, -0.15) is 0 Å². The van der Waals surface area contributed by atoms with Crippen molar-refractivity contribution in [3.8, 4) is 17.1 Å². The van der Waals surface area contributed by atoms with Crippen LogP contribution in [-0.4, -0.2) is 49.4 Å². The maximum atomic E-state index is 12.8. The number of thioether (sulfide) groups is 1. The van der Waals surface area contributed by atoms with Crippen molar-refractivity contribution in [3.05, 3.63) is 71.9 Å². The summed E-state index contributed by atoms with van der Waals surface area (Å²) in [5, 5.41) is 11.3. The fourth-order valence-electron chi connectivity index (χ4n) is 3.54. The van der Waals surface area contributed by atoms with Crippen LogP contribution in [0.3, 0.4) is 0 Å². The predicted octanol–water partition coefficient (Wildman–Crippen LogP) is 5.59. The van der Waals surface area contributed by atoms with E-state index in [0.717, 1.165) is 27.7 Å². The average molecular weight is 466 g/mol. The summed E-state index contributed by atoms with van der Waals surface area (Å²) < 4.78 is 1.97. The van der Waals surface area contributed by atoms with Crippen molar-refractivity contribution < 1.29 is 4.79 Å². The van der Waals surface area contributed by atoms with Gasteiger partial charge >= 0.3 is 0 Å². The molecule has 0 bridgehead atoms. The largest absolute Gasteiger partial charge is 0.360 e. The second kappa shape index (κ2) is 9.63. The number of carbonyl (C=O) groups excluding carboxylic acids is 1. The van der Waals surface area contributed by atoms with Gasteiger partial charge in [0, 0.05) is 46.5 Å². The summed E-state index contributed by atoms with van der Waals surface area (Å²) in [6.45, 7) is 9.01. The maximum absolute atomic E-state index is 12.8. The number of likely N-dealkylation sites (N-methyl/N-ethyl adjacent to an activating group) is 1. The summed E-state index contributed by atoms with van der Waals surface area (Å²) in [5.41, 5.74) is 3.80. The lowest BCUT2D eigenvalue weighted by Gasteiger charge is -2.20. The molecule has 0 saturated heterocycles. The number of fused-ring (bicyclic) bond motifs is 1. The smallest absolute Gasteiger partial charge is 0.233 e. The Morgan fingerprint density at radius 2 is 1.94 bits per heavy atom. The first-order chi connectivity index (χ1) is 15.5. The molecule has 2 aromatic carbocycles. The van der Waals surface area contributed by atoms with E-state index >= 15 is 0 Å². The van der Waals surface area contributed by atoms with Crippen LogP contribution < -0.4 is 0 Å². The number of H-pyrrole nitrogens is 1. The fraction of sp³-hybridized carbons (Fsp3) is 0.208. The second-order valence-electron chi connectivity index (χ2n) is 7.52. The number of benzene rings is 2. The van der Waals surface area contributed by atoms with E-state index in [2.05, 4.69) is 27.8 Å². The minimum Gasteiger partial charge on any atom is -0.360 e. The van der Waals surface area contributed by atoms with Crippen LogP contribution >= 0.6 is 23.4 Å². The van der Waals surface area contributed by atoms with Gasteiger partial charge in [-0.25, -0.2) is 0 Å². The minimum atomic E-state index is 0.0415. The molecule has 6 nitrogen and oxygen atoms in total. The number of nitrogens with zero attached hydrogens (tertiary/aromatic N) is 4. The number of hydrogen-bond acceptors (Lipinski definition) is 4. The molecule has 0 aliphatic heterocycles. The number of hydrogen-bond donors (Lipinski definition) is 1. The fourth-order valence-corrected chi connectivity index (χ4v) is 4.52. The SMILES string of the molecule is C=C(C)CN(CC)C(=O)CSc1nnc(-c2c[nH]c3ccccc23)n1-c1ccc(Cl)cc1. The van der Waals surface area contributed by atoms with E-state index in [1.54, 1.807) is 4.90 Å². The van der Waals surface area contributed by atoms with Crippen LogP contribution in [0.2, 0.25) is 5.02 Å². The molecule has 2 heterocycles. The highest BCUT2D eigenvalue weighted by atomic mass is 35.5. The van der Waals surface area contributed by atoms with Crippen molar-refractivity contribution in [1.82, 2.24) is 24.6 Å². The van der Waals surface area contributed by atoms with Crippen molar-refractivity contribution in [2.45, 2.75) is 19.0 Å². The first-order valence-electron chi connectivity index (χ1n) is 10.3. The van der Waals surface area contributed by atoms with Gasteiger partial charge in [-0.3, -0.25) is 9.36 Å². The molecule has 0 fully saturated rings. The average Bonchev–Trinajstić information content (AvgIpc) is 3.40. The highest BCUT2D eigenvalue weighted by Crippen LogP contribution is 2.32. The van der Waals surface area contributed by atoms with Gasteiger partial charge in [0.05, 0.1) is 5.75 Å². The van der Waals surface area contributed by atoms with Gasteiger partial charge in [-0.05, 0) is 44.2 Å². The van der Waals surface area contributed by atoms with Crippen LogP contribution in [0, 0.1) is 0 Å². The molecule has 164 valence electrons. The summed E-state index contributed by atoms with van der Waals surface area (Å²) in [6.07, 6.45) is 1.94. The number of nitrogens with one attached hydrogen (secondary N) is 1. The minimum absolute atomic E-state index is 0.0415. The van der Waals surface area contributed by atoms with E-state index in [0.29, 0.717) is 29.1 Å². The molecular weight excluding hydrogens is 442 g/mol. The Balaban J connectivity index is 1.71. The number of aromatic nitrogens is 4. The molecule has 1 amide bonds. The Bertz CT molecular complexity index is 1260. The standard InChI is InChI=1S/C24H24ClN5OS/c1-4-29(14-16(2)3)22(31)15-32-24-28-27-23(30(24)18-11-9-17(25)10-12-18)20-13-26-21-8-6-5-7-19(20)21/h5-13,26H,2,4,14-15H2,1,3H3. The molecule has 0 saturated carbocycles. The van der Waals surface area contributed by atoms with E-state index in [9.17, 15) is 4.79 Å². The van der Waals surface area contributed by atoms with Crippen molar-refractivity contribution >= 4 is 40.2 Å². The van der Waals surface area contributed by atoms with Gasteiger partial charge in [0.2, 0.25) is 5.91 Å². The number of amides is 1. The Hall–Kier alpha value is -3.03. The molecule has 0 aliphatic rings. The van der Waals surface area contributed by atoms with Crippen LogP contribution in [0.15, 0.2) is 72.0 Å². The number of halogens is 1. The Kier molecular flexibility index (Phi) is 6.67. The third kappa shape index (κ3) is 4.59. The Labute approximate surface area is 196 Å². The second-order valence-corrected chi connectivity index (χ2v) is 8.90. The lowest BCUT2D eigenvalue weighted by atomic mass is 10.1. The number of carbonyl (C=O) groups is 1. The number of rotatable bonds is 8. The summed E-state index contributed by atoms with van der Waals surface area (Å²) in [6, 6.07) is 15.6. The molecular formula is C24H24ClN5OS. The zero-order valence-corrected chi connectivity index (χ0v) is 19.6. The summed E-state index contributed by atoms with van der Waals surface area (Å²) >= 11 is 7.49. The summed E-state index contributed by atoms with van der Waals surface area (Å²) in [4.78, 5) is 17.9. The zero-order chi connectivity index (χ0) is 22.7. The van der Waals surface area contributed by atoms with Crippen LogP contribution in [0.5, 0.6) is 0 Å². The van der Waals surface area contributed by atoms with Gasteiger partial charge in [-0.15, -0.1) is 10.2 Å². The molecule has 2 aromatic heterocycles. The van der Waals surface area contributed by atoms with Crippen LogP contribution in [0.1, 0.15) is 13.8 Å². The number of para-hydroxylation sites is 1. The topological polar surface area (TPSA) is 66.8 Å². The zero-order valence-electron chi connectivity index (χ0n) is 18.0. The van der Waals surface area contributed by atoms with Gasteiger partial charge in [0.15, 0.2) is 11.0 Å². The van der Waals surface area contributed by atoms with Gasteiger partial charge in [0.25, 0.3) is 0 Å². The van der Waals surface area contributed by atoms with Crippen molar-refractivity contribution in [2.24, 2.45) is 0 Å². The third-order valence-corrected chi connectivity index (χ3v) is 6.23. The molecule has 32 heavy (non-hydrogen) atoms. The Morgan fingerprint density at radius 1 is 1.19 bits per heavy atom. The molecule has 0 radical (unpaired) electrons.